The molecule has 3 aromatic carbocycles. The van der Waals surface area contributed by atoms with Gasteiger partial charge in [-0.2, -0.15) is 0 Å². The highest BCUT2D eigenvalue weighted by Crippen LogP contribution is 2.32. The summed E-state index contributed by atoms with van der Waals surface area (Å²) in [5.74, 6) is -0.0128. The van der Waals surface area contributed by atoms with E-state index in [1.54, 1.807) is 0 Å². The number of hydrogen-bond donors (Lipinski definition) is 1. The molecule has 1 unspecified atom stereocenters. The smallest absolute Gasteiger partial charge is 0.252 e. The van der Waals surface area contributed by atoms with Gasteiger partial charge in [-0.05, 0) is 29.7 Å². The van der Waals surface area contributed by atoms with Crippen molar-refractivity contribution in [2.24, 2.45) is 0 Å². The molecule has 0 fully saturated rings. The standard InChI is InChI=1S/C28H30N2OSi/c1-4-24(20-13-7-5-8-14-20)30-28(31)26-22-17-11-12-18-25(22)29-27(23(26)19-32(2)3)21-15-9-6-10-16-21/h5-18,24,32H,4,19H2,1-3H3,(H,30,31). The van der Waals surface area contributed by atoms with Crippen LogP contribution < -0.4 is 5.32 Å². The Morgan fingerprint density at radius 3 is 2.19 bits per heavy atom. The molecule has 4 rings (SSSR count). The van der Waals surface area contributed by atoms with Gasteiger partial charge in [0, 0.05) is 19.7 Å². The Morgan fingerprint density at radius 1 is 0.906 bits per heavy atom. The molecule has 3 nitrogen and oxygen atoms in total. The number of rotatable bonds is 7. The van der Waals surface area contributed by atoms with Crippen molar-refractivity contribution in [3.05, 3.63) is 102 Å². The highest BCUT2D eigenvalue weighted by molar-refractivity contribution is 6.55. The second kappa shape index (κ2) is 9.92. The van der Waals surface area contributed by atoms with Gasteiger partial charge in [0.1, 0.15) is 0 Å². The van der Waals surface area contributed by atoms with Crippen LogP contribution in [-0.2, 0) is 6.04 Å². The number of fused-ring (bicyclic) bond motifs is 1. The highest BCUT2D eigenvalue weighted by atomic mass is 28.3. The molecule has 0 bridgehead atoms. The molecular weight excluding hydrogens is 408 g/mol. The monoisotopic (exact) mass is 438 g/mol. The molecule has 1 atom stereocenters. The summed E-state index contributed by atoms with van der Waals surface area (Å²) < 4.78 is 0. The molecule has 1 N–H and O–H groups in total. The van der Waals surface area contributed by atoms with Crippen LogP contribution in [0.25, 0.3) is 22.2 Å². The third kappa shape index (κ3) is 4.65. The van der Waals surface area contributed by atoms with Gasteiger partial charge < -0.3 is 5.32 Å². The van der Waals surface area contributed by atoms with Crippen LogP contribution >= 0.6 is 0 Å². The second-order valence-corrected chi connectivity index (χ2v) is 11.8. The maximum Gasteiger partial charge on any atom is 0.252 e. The van der Waals surface area contributed by atoms with Crippen LogP contribution in [0.5, 0.6) is 0 Å². The Bertz CT molecular complexity index is 1210. The van der Waals surface area contributed by atoms with Gasteiger partial charge in [-0.1, -0.05) is 98.9 Å². The zero-order chi connectivity index (χ0) is 22.5. The first-order valence-corrected chi connectivity index (χ1v) is 14.5. The van der Waals surface area contributed by atoms with Crippen LogP contribution in [0, 0.1) is 0 Å². The largest absolute Gasteiger partial charge is 0.345 e. The predicted molar refractivity (Wildman–Crippen MR) is 137 cm³/mol. The fourth-order valence-corrected chi connectivity index (χ4v) is 5.50. The van der Waals surface area contributed by atoms with Crippen LogP contribution in [0.3, 0.4) is 0 Å². The summed E-state index contributed by atoms with van der Waals surface area (Å²) in [6, 6.07) is 29.4. The minimum Gasteiger partial charge on any atom is -0.345 e. The Labute approximate surface area is 192 Å². The molecule has 4 heteroatoms. The van der Waals surface area contributed by atoms with E-state index in [1.807, 2.05) is 60.7 Å². The number of nitrogens with zero attached hydrogens (tertiary/aromatic N) is 1. The van der Waals surface area contributed by atoms with E-state index in [4.69, 9.17) is 4.98 Å². The number of pyridine rings is 1. The number of nitrogens with one attached hydrogen (secondary N) is 1. The lowest BCUT2D eigenvalue weighted by molar-refractivity contribution is 0.0936. The number of para-hydroxylation sites is 1. The minimum atomic E-state index is -1.02. The van der Waals surface area contributed by atoms with E-state index in [0.29, 0.717) is 0 Å². The van der Waals surface area contributed by atoms with E-state index in [2.05, 4.69) is 49.6 Å². The van der Waals surface area contributed by atoms with Gasteiger partial charge in [0.2, 0.25) is 0 Å². The molecule has 0 aliphatic rings. The fraction of sp³-hybridized carbons (Fsp3) is 0.214. The molecule has 0 saturated heterocycles. The van der Waals surface area contributed by atoms with E-state index in [0.717, 1.165) is 51.3 Å². The molecule has 0 spiro atoms. The molecule has 1 aromatic heterocycles. The number of carbonyl (C=O) groups excluding carboxylic acids is 1. The molecule has 0 saturated carbocycles. The average Bonchev–Trinajstić information content (AvgIpc) is 2.82. The van der Waals surface area contributed by atoms with Gasteiger partial charge in [-0.25, -0.2) is 4.98 Å². The van der Waals surface area contributed by atoms with Crippen molar-refractivity contribution in [1.82, 2.24) is 10.3 Å². The third-order valence-corrected chi connectivity index (χ3v) is 7.02. The summed E-state index contributed by atoms with van der Waals surface area (Å²) in [5, 5.41) is 4.26. The number of aromatic nitrogens is 1. The van der Waals surface area contributed by atoms with Crippen LogP contribution in [0.2, 0.25) is 13.1 Å². The Hall–Kier alpha value is -3.24. The van der Waals surface area contributed by atoms with E-state index in [-0.39, 0.29) is 11.9 Å². The van der Waals surface area contributed by atoms with Gasteiger partial charge in [0.05, 0.1) is 22.8 Å². The van der Waals surface area contributed by atoms with Crippen molar-refractivity contribution in [2.75, 3.05) is 0 Å². The van der Waals surface area contributed by atoms with E-state index in [1.165, 1.54) is 0 Å². The Morgan fingerprint density at radius 2 is 1.53 bits per heavy atom. The normalized spacial score (nSPS) is 12.1. The maximum atomic E-state index is 13.9. The summed E-state index contributed by atoms with van der Waals surface area (Å²) in [5.41, 5.74) is 5.85. The first kappa shape index (κ1) is 22.0. The first-order chi connectivity index (χ1) is 15.6. The van der Waals surface area contributed by atoms with E-state index >= 15 is 0 Å². The molecule has 0 radical (unpaired) electrons. The quantitative estimate of drug-likeness (QED) is 0.342. The van der Waals surface area contributed by atoms with Gasteiger partial charge in [0.25, 0.3) is 5.91 Å². The Kier molecular flexibility index (Phi) is 6.81. The Balaban J connectivity index is 1.89. The first-order valence-electron chi connectivity index (χ1n) is 11.4. The summed E-state index contributed by atoms with van der Waals surface area (Å²) in [7, 11) is -1.02. The van der Waals surface area contributed by atoms with Crippen LogP contribution in [-0.4, -0.2) is 19.7 Å². The number of amides is 1. The van der Waals surface area contributed by atoms with Crippen molar-refractivity contribution in [2.45, 2.75) is 38.5 Å². The van der Waals surface area contributed by atoms with Crippen molar-refractivity contribution in [3.8, 4) is 11.3 Å². The molecule has 0 aliphatic carbocycles. The lowest BCUT2D eigenvalue weighted by atomic mass is 9.96. The average molecular weight is 439 g/mol. The molecule has 0 aliphatic heterocycles. The molecular formula is C28H30N2OSi. The van der Waals surface area contributed by atoms with Crippen molar-refractivity contribution < 1.29 is 4.79 Å². The third-order valence-electron chi connectivity index (χ3n) is 5.80. The second-order valence-electron chi connectivity index (χ2n) is 8.64. The lowest BCUT2D eigenvalue weighted by Gasteiger charge is -2.22. The summed E-state index contributed by atoms with van der Waals surface area (Å²) in [4.78, 5) is 18.9. The van der Waals surface area contributed by atoms with Crippen molar-refractivity contribution in [3.63, 3.8) is 0 Å². The zero-order valence-electron chi connectivity index (χ0n) is 19.0. The number of carbonyl (C=O) groups is 1. The van der Waals surface area contributed by atoms with Gasteiger partial charge in [-0.3, -0.25) is 4.79 Å². The summed E-state index contributed by atoms with van der Waals surface area (Å²) >= 11 is 0. The number of benzene rings is 3. The van der Waals surface area contributed by atoms with Gasteiger partial charge in [0.15, 0.2) is 0 Å². The topological polar surface area (TPSA) is 42.0 Å². The molecule has 1 heterocycles. The SMILES string of the molecule is CCC(NC(=O)c1c(C[SiH](C)C)c(-c2ccccc2)nc2ccccc12)c1ccccc1. The molecule has 32 heavy (non-hydrogen) atoms. The maximum absolute atomic E-state index is 13.9. The van der Waals surface area contributed by atoms with E-state index < -0.39 is 8.80 Å². The molecule has 1 amide bonds. The van der Waals surface area contributed by atoms with Gasteiger partial charge >= 0.3 is 0 Å². The lowest BCUT2D eigenvalue weighted by Crippen LogP contribution is -2.30. The van der Waals surface area contributed by atoms with Crippen LogP contribution in [0.15, 0.2) is 84.9 Å². The van der Waals surface area contributed by atoms with Crippen molar-refractivity contribution in [1.29, 1.82) is 0 Å². The molecule has 4 aromatic rings. The number of hydrogen-bond acceptors (Lipinski definition) is 2. The van der Waals surface area contributed by atoms with Crippen LogP contribution in [0.4, 0.5) is 0 Å². The fourth-order valence-electron chi connectivity index (χ4n) is 4.29. The van der Waals surface area contributed by atoms with E-state index in [9.17, 15) is 4.79 Å². The minimum absolute atomic E-state index is 0.0128. The summed E-state index contributed by atoms with van der Waals surface area (Å²) in [6.07, 6.45) is 0.832. The van der Waals surface area contributed by atoms with Crippen molar-refractivity contribution >= 4 is 25.6 Å². The summed E-state index contributed by atoms with van der Waals surface area (Å²) in [6.45, 7) is 6.76. The zero-order valence-corrected chi connectivity index (χ0v) is 20.2. The molecule has 162 valence electrons. The van der Waals surface area contributed by atoms with Crippen LogP contribution in [0.1, 0.15) is 40.9 Å². The highest BCUT2D eigenvalue weighted by Gasteiger charge is 2.24. The van der Waals surface area contributed by atoms with Gasteiger partial charge in [-0.15, -0.1) is 0 Å². The predicted octanol–water partition coefficient (Wildman–Crippen LogP) is 6.35.